The van der Waals surface area contributed by atoms with Crippen LogP contribution in [-0.2, 0) is 4.79 Å². The summed E-state index contributed by atoms with van der Waals surface area (Å²) < 4.78 is 0. The van der Waals surface area contributed by atoms with Gasteiger partial charge in [-0.1, -0.05) is 45.4 Å². The van der Waals surface area contributed by atoms with Gasteiger partial charge in [-0.15, -0.1) is 0 Å². The molecule has 2 nitrogen and oxygen atoms in total. The second-order valence-electron chi connectivity index (χ2n) is 6.39. The third-order valence-corrected chi connectivity index (χ3v) is 4.36. The van der Waals surface area contributed by atoms with E-state index in [2.05, 4.69) is 52.8 Å². The number of nitrogens with zero attached hydrogens (tertiary/aromatic N) is 1. The van der Waals surface area contributed by atoms with Crippen LogP contribution < -0.4 is 0 Å². The minimum Gasteiger partial charge on any atom is -0.342 e. The maximum atomic E-state index is 11.5. The van der Waals surface area contributed by atoms with Crippen molar-refractivity contribution in [3.05, 3.63) is 34.9 Å². The third-order valence-electron chi connectivity index (χ3n) is 4.36. The van der Waals surface area contributed by atoms with E-state index in [0.29, 0.717) is 11.8 Å². The van der Waals surface area contributed by atoms with Crippen molar-refractivity contribution in [3.8, 4) is 0 Å². The largest absolute Gasteiger partial charge is 0.342 e. The summed E-state index contributed by atoms with van der Waals surface area (Å²) in [7, 11) is 0. The van der Waals surface area contributed by atoms with Crippen molar-refractivity contribution in [1.29, 1.82) is 0 Å². The zero-order valence-corrected chi connectivity index (χ0v) is 14.6. The Kier molecular flexibility index (Phi) is 6.94. The van der Waals surface area contributed by atoms with Gasteiger partial charge in [0, 0.05) is 25.9 Å². The van der Waals surface area contributed by atoms with Crippen LogP contribution in [0.1, 0.15) is 63.1 Å². The van der Waals surface area contributed by atoms with Crippen molar-refractivity contribution >= 4 is 5.91 Å². The van der Waals surface area contributed by atoms with E-state index >= 15 is 0 Å². The van der Waals surface area contributed by atoms with Gasteiger partial charge in [-0.2, -0.15) is 0 Å². The van der Waals surface area contributed by atoms with Crippen LogP contribution in [0.15, 0.2) is 18.2 Å². The normalized spacial score (nSPS) is 21.5. The molecule has 1 aliphatic heterocycles. The standard InChI is InChI=1S/C16H23NO.C3H8/c1-11-5-6-15(9-13(11)3)16-10-17(14(4)18)8-7-12(16)2;1-3-2/h5-6,9,12,16H,7-8,10H2,1-4H3;3H2,1-2H3/t12-,16+;/m1./s1. The Labute approximate surface area is 130 Å². The maximum absolute atomic E-state index is 11.5. The zero-order valence-electron chi connectivity index (χ0n) is 14.6. The Morgan fingerprint density at radius 1 is 1.24 bits per heavy atom. The minimum atomic E-state index is 0.204. The molecule has 1 aromatic rings. The number of carbonyl (C=O) groups is 1. The molecule has 2 heteroatoms. The van der Waals surface area contributed by atoms with Crippen molar-refractivity contribution in [2.45, 2.75) is 60.3 Å². The van der Waals surface area contributed by atoms with E-state index in [1.807, 2.05) is 4.90 Å². The number of aryl methyl sites for hydroxylation is 2. The highest BCUT2D eigenvalue weighted by Crippen LogP contribution is 2.32. The number of carbonyl (C=O) groups excluding carboxylic acids is 1. The second kappa shape index (κ2) is 8.21. The van der Waals surface area contributed by atoms with Crippen LogP contribution in [0.25, 0.3) is 0 Å². The quantitative estimate of drug-likeness (QED) is 0.734. The summed E-state index contributed by atoms with van der Waals surface area (Å²) in [5.74, 6) is 1.35. The van der Waals surface area contributed by atoms with Gasteiger partial charge in [-0.25, -0.2) is 0 Å². The predicted octanol–water partition coefficient (Wildman–Crippen LogP) is 4.69. The van der Waals surface area contributed by atoms with E-state index < -0.39 is 0 Å². The van der Waals surface area contributed by atoms with Crippen LogP contribution in [0.4, 0.5) is 0 Å². The highest BCUT2D eigenvalue weighted by atomic mass is 16.2. The molecular weight excluding hydrogens is 258 g/mol. The van der Waals surface area contributed by atoms with E-state index in [-0.39, 0.29) is 5.91 Å². The number of rotatable bonds is 1. The van der Waals surface area contributed by atoms with Crippen molar-refractivity contribution in [2.75, 3.05) is 13.1 Å². The molecule has 0 unspecified atom stereocenters. The Bertz CT molecular complexity index is 467. The average Bonchev–Trinajstić information content (AvgIpc) is 2.43. The third kappa shape index (κ3) is 4.87. The molecule has 1 fully saturated rings. The number of benzene rings is 1. The second-order valence-corrected chi connectivity index (χ2v) is 6.39. The van der Waals surface area contributed by atoms with Gasteiger partial charge in [0.15, 0.2) is 0 Å². The molecule has 0 spiro atoms. The number of piperidine rings is 1. The van der Waals surface area contributed by atoms with E-state index in [4.69, 9.17) is 0 Å². The molecule has 1 aliphatic rings. The van der Waals surface area contributed by atoms with Gasteiger partial charge < -0.3 is 4.90 Å². The first-order valence-corrected chi connectivity index (χ1v) is 8.23. The summed E-state index contributed by atoms with van der Waals surface area (Å²) in [5, 5.41) is 0. The molecule has 0 saturated carbocycles. The van der Waals surface area contributed by atoms with Gasteiger partial charge in [-0.05, 0) is 42.9 Å². The number of amides is 1. The average molecular weight is 289 g/mol. The molecule has 1 aromatic carbocycles. The maximum Gasteiger partial charge on any atom is 0.219 e. The summed E-state index contributed by atoms with van der Waals surface area (Å²) in [6, 6.07) is 6.72. The SMILES string of the molecule is CC(=O)N1CC[C@@H](C)[C@@H](c2ccc(C)c(C)c2)C1.CCC. The molecule has 0 radical (unpaired) electrons. The topological polar surface area (TPSA) is 20.3 Å². The van der Waals surface area contributed by atoms with Gasteiger partial charge in [0.05, 0.1) is 0 Å². The van der Waals surface area contributed by atoms with Crippen LogP contribution in [0, 0.1) is 19.8 Å². The molecule has 118 valence electrons. The number of likely N-dealkylation sites (tertiary alicyclic amines) is 1. The van der Waals surface area contributed by atoms with Gasteiger partial charge in [0.2, 0.25) is 5.91 Å². The molecule has 0 bridgehead atoms. The molecule has 0 aliphatic carbocycles. The van der Waals surface area contributed by atoms with Gasteiger partial charge in [0.1, 0.15) is 0 Å². The lowest BCUT2D eigenvalue weighted by Crippen LogP contribution is -2.41. The molecule has 1 saturated heterocycles. The number of hydrogen-bond acceptors (Lipinski definition) is 1. The Morgan fingerprint density at radius 2 is 1.86 bits per heavy atom. The molecule has 2 rings (SSSR count). The van der Waals surface area contributed by atoms with Crippen LogP contribution in [0.2, 0.25) is 0 Å². The van der Waals surface area contributed by atoms with Crippen molar-refractivity contribution in [1.82, 2.24) is 4.90 Å². The molecule has 2 atom stereocenters. The fourth-order valence-electron chi connectivity index (χ4n) is 2.78. The highest BCUT2D eigenvalue weighted by Gasteiger charge is 2.28. The van der Waals surface area contributed by atoms with Gasteiger partial charge >= 0.3 is 0 Å². The van der Waals surface area contributed by atoms with E-state index in [1.165, 1.54) is 23.1 Å². The highest BCUT2D eigenvalue weighted by molar-refractivity contribution is 5.73. The molecule has 0 aromatic heterocycles. The molecule has 0 N–H and O–H groups in total. The summed E-state index contributed by atoms with van der Waals surface area (Å²) in [5.41, 5.74) is 4.07. The Balaban J connectivity index is 0.000000677. The van der Waals surface area contributed by atoms with Crippen molar-refractivity contribution in [2.24, 2.45) is 5.92 Å². The fraction of sp³-hybridized carbons (Fsp3) is 0.632. The first kappa shape index (κ1) is 17.7. The lowest BCUT2D eigenvalue weighted by molar-refractivity contribution is -0.130. The van der Waals surface area contributed by atoms with Crippen molar-refractivity contribution in [3.63, 3.8) is 0 Å². The van der Waals surface area contributed by atoms with Crippen LogP contribution >= 0.6 is 0 Å². The van der Waals surface area contributed by atoms with Crippen molar-refractivity contribution < 1.29 is 4.79 Å². The van der Waals surface area contributed by atoms with Crippen LogP contribution in [-0.4, -0.2) is 23.9 Å². The smallest absolute Gasteiger partial charge is 0.219 e. The van der Waals surface area contributed by atoms with E-state index in [1.54, 1.807) is 6.92 Å². The molecule has 21 heavy (non-hydrogen) atoms. The first-order chi connectivity index (χ1) is 9.90. The Hall–Kier alpha value is -1.31. The van der Waals surface area contributed by atoms with Crippen LogP contribution in [0.3, 0.4) is 0 Å². The van der Waals surface area contributed by atoms with E-state index in [0.717, 1.165) is 19.5 Å². The molecule has 1 heterocycles. The Morgan fingerprint density at radius 3 is 2.38 bits per heavy atom. The monoisotopic (exact) mass is 289 g/mol. The predicted molar refractivity (Wildman–Crippen MR) is 90.7 cm³/mol. The molecular formula is C19H31NO. The summed E-state index contributed by atoms with van der Waals surface area (Å²) in [4.78, 5) is 13.5. The lowest BCUT2D eigenvalue weighted by atomic mass is 9.81. The van der Waals surface area contributed by atoms with Gasteiger partial charge in [-0.3, -0.25) is 4.79 Å². The lowest BCUT2D eigenvalue weighted by Gasteiger charge is -2.37. The zero-order chi connectivity index (χ0) is 16.0. The van der Waals surface area contributed by atoms with Crippen LogP contribution in [0.5, 0.6) is 0 Å². The summed E-state index contributed by atoms with van der Waals surface area (Å²) >= 11 is 0. The fourth-order valence-corrected chi connectivity index (χ4v) is 2.78. The summed E-state index contributed by atoms with van der Waals surface area (Å²) in [6.07, 6.45) is 2.36. The summed E-state index contributed by atoms with van der Waals surface area (Å²) in [6.45, 7) is 14.3. The molecule has 1 amide bonds. The minimum absolute atomic E-state index is 0.204. The van der Waals surface area contributed by atoms with Gasteiger partial charge in [0.25, 0.3) is 0 Å². The first-order valence-electron chi connectivity index (χ1n) is 8.23. The van der Waals surface area contributed by atoms with E-state index in [9.17, 15) is 4.79 Å². The number of hydrogen-bond donors (Lipinski definition) is 0.